The first-order valence-corrected chi connectivity index (χ1v) is 11.0. The van der Waals surface area contributed by atoms with Gasteiger partial charge in [0.15, 0.2) is 0 Å². The molecule has 0 unspecified atom stereocenters. The van der Waals surface area contributed by atoms with E-state index in [0.29, 0.717) is 5.56 Å². The lowest BCUT2D eigenvalue weighted by atomic mass is 10.0. The van der Waals surface area contributed by atoms with E-state index in [1.165, 1.54) is 5.56 Å². The van der Waals surface area contributed by atoms with Crippen molar-refractivity contribution in [2.75, 3.05) is 26.2 Å². The predicted molar refractivity (Wildman–Crippen MR) is 127 cm³/mol. The van der Waals surface area contributed by atoms with Crippen molar-refractivity contribution in [1.82, 2.24) is 19.8 Å². The fraction of sp³-hybridized carbons (Fsp3) is 0.222. The standard InChI is InChI=1S/C27H26N4O/c1-20-9-10-25-23(16-20)24(17-26(29-25)22-8-5-11-28-18-22)27(32)31-14-12-30(13-15-31)19-21-6-3-2-4-7-21/h2-11,16-18H,12-15,19H2,1H3. The normalized spacial score (nSPS) is 14.6. The van der Waals surface area contributed by atoms with E-state index < -0.39 is 0 Å². The molecule has 160 valence electrons. The zero-order valence-electron chi connectivity index (χ0n) is 18.2. The van der Waals surface area contributed by atoms with Gasteiger partial charge in [0.1, 0.15) is 0 Å². The van der Waals surface area contributed by atoms with E-state index >= 15 is 0 Å². The molecule has 2 aromatic heterocycles. The summed E-state index contributed by atoms with van der Waals surface area (Å²) in [6, 6.07) is 22.4. The SMILES string of the molecule is Cc1ccc2nc(-c3cccnc3)cc(C(=O)N3CCN(Cc4ccccc4)CC3)c2c1. The van der Waals surface area contributed by atoms with Gasteiger partial charge in [-0.2, -0.15) is 0 Å². The quantitative estimate of drug-likeness (QED) is 0.484. The molecule has 5 heteroatoms. The monoisotopic (exact) mass is 422 g/mol. The minimum Gasteiger partial charge on any atom is -0.336 e. The van der Waals surface area contributed by atoms with Crippen LogP contribution in [0.1, 0.15) is 21.5 Å². The number of hydrogen-bond acceptors (Lipinski definition) is 4. The Balaban J connectivity index is 1.41. The van der Waals surface area contributed by atoms with Crippen LogP contribution >= 0.6 is 0 Å². The molecule has 1 saturated heterocycles. The first-order valence-electron chi connectivity index (χ1n) is 11.0. The lowest BCUT2D eigenvalue weighted by Gasteiger charge is -2.35. The topological polar surface area (TPSA) is 49.3 Å². The van der Waals surface area contributed by atoms with Crippen molar-refractivity contribution in [3.05, 3.63) is 95.8 Å². The number of piperazine rings is 1. The van der Waals surface area contributed by atoms with E-state index in [9.17, 15) is 4.79 Å². The highest BCUT2D eigenvalue weighted by Gasteiger charge is 2.24. The number of amides is 1. The number of pyridine rings is 2. The lowest BCUT2D eigenvalue weighted by Crippen LogP contribution is -2.48. The molecule has 0 N–H and O–H groups in total. The molecule has 5 nitrogen and oxygen atoms in total. The van der Waals surface area contributed by atoms with E-state index in [1.807, 2.05) is 48.2 Å². The molecular weight excluding hydrogens is 396 g/mol. The maximum absolute atomic E-state index is 13.6. The minimum absolute atomic E-state index is 0.0764. The summed E-state index contributed by atoms with van der Waals surface area (Å²) in [5.74, 6) is 0.0764. The average Bonchev–Trinajstić information content (AvgIpc) is 2.85. The second-order valence-electron chi connectivity index (χ2n) is 8.37. The molecule has 5 rings (SSSR count). The van der Waals surface area contributed by atoms with Crippen LogP contribution in [0.25, 0.3) is 22.2 Å². The molecule has 1 aliphatic rings. The van der Waals surface area contributed by atoms with Gasteiger partial charge in [-0.1, -0.05) is 42.0 Å². The summed E-state index contributed by atoms with van der Waals surface area (Å²) in [6.07, 6.45) is 3.54. The van der Waals surface area contributed by atoms with Crippen LogP contribution in [0, 0.1) is 6.92 Å². The highest BCUT2D eigenvalue weighted by atomic mass is 16.2. The van der Waals surface area contributed by atoms with E-state index in [1.54, 1.807) is 12.4 Å². The Morgan fingerprint density at radius 2 is 1.75 bits per heavy atom. The summed E-state index contributed by atoms with van der Waals surface area (Å²) in [5.41, 5.74) is 5.67. The molecule has 0 atom stereocenters. The Kier molecular flexibility index (Phi) is 5.65. The molecule has 1 fully saturated rings. The van der Waals surface area contributed by atoms with E-state index in [0.717, 1.165) is 60.4 Å². The van der Waals surface area contributed by atoms with Gasteiger partial charge in [-0.05, 0) is 42.8 Å². The van der Waals surface area contributed by atoms with Crippen molar-refractivity contribution in [2.24, 2.45) is 0 Å². The maximum atomic E-state index is 13.6. The van der Waals surface area contributed by atoms with Crippen molar-refractivity contribution < 1.29 is 4.79 Å². The van der Waals surface area contributed by atoms with Crippen LogP contribution in [-0.2, 0) is 6.54 Å². The van der Waals surface area contributed by atoms with Crippen molar-refractivity contribution in [2.45, 2.75) is 13.5 Å². The fourth-order valence-corrected chi connectivity index (χ4v) is 4.30. The molecule has 3 heterocycles. The largest absolute Gasteiger partial charge is 0.336 e. The Morgan fingerprint density at radius 3 is 2.50 bits per heavy atom. The van der Waals surface area contributed by atoms with Gasteiger partial charge >= 0.3 is 0 Å². The van der Waals surface area contributed by atoms with Crippen LogP contribution in [-0.4, -0.2) is 51.9 Å². The van der Waals surface area contributed by atoms with Gasteiger partial charge in [0.2, 0.25) is 0 Å². The third-order valence-corrected chi connectivity index (χ3v) is 6.06. The first-order chi connectivity index (χ1) is 15.7. The van der Waals surface area contributed by atoms with Crippen molar-refractivity contribution in [1.29, 1.82) is 0 Å². The predicted octanol–water partition coefficient (Wildman–Crippen LogP) is 4.56. The van der Waals surface area contributed by atoms with Crippen LogP contribution in [0.3, 0.4) is 0 Å². The number of fused-ring (bicyclic) bond motifs is 1. The molecule has 1 amide bonds. The third-order valence-electron chi connectivity index (χ3n) is 6.06. The molecule has 0 spiro atoms. The summed E-state index contributed by atoms with van der Waals surface area (Å²) in [5, 5.41) is 0.911. The molecule has 32 heavy (non-hydrogen) atoms. The van der Waals surface area contributed by atoms with E-state index in [-0.39, 0.29) is 5.91 Å². The Hall–Kier alpha value is -3.57. The maximum Gasteiger partial charge on any atom is 0.254 e. The van der Waals surface area contributed by atoms with Crippen LogP contribution in [0.2, 0.25) is 0 Å². The van der Waals surface area contributed by atoms with Gasteiger partial charge < -0.3 is 4.90 Å². The Bertz CT molecular complexity index is 1230. The molecule has 2 aromatic carbocycles. The molecule has 0 saturated carbocycles. The molecule has 1 aliphatic heterocycles. The molecular formula is C27H26N4O. The highest BCUT2D eigenvalue weighted by molar-refractivity contribution is 6.07. The van der Waals surface area contributed by atoms with Gasteiger partial charge in [-0.15, -0.1) is 0 Å². The van der Waals surface area contributed by atoms with Crippen LogP contribution in [0.5, 0.6) is 0 Å². The number of rotatable bonds is 4. The van der Waals surface area contributed by atoms with Crippen molar-refractivity contribution >= 4 is 16.8 Å². The first kappa shape index (κ1) is 20.3. The van der Waals surface area contributed by atoms with Crippen LogP contribution in [0.4, 0.5) is 0 Å². The second kappa shape index (κ2) is 8.89. The molecule has 0 aliphatic carbocycles. The molecule has 0 radical (unpaired) electrons. The van der Waals surface area contributed by atoms with Gasteiger partial charge in [0, 0.05) is 56.1 Å². The van der Waals surface area contributed by atoms with Crippen LogP contribution < -0.4 is 0 Å². The van der Waals surface area contributed by atoms with Gasteiger partial charge in [-0.3, -0.25) is 14.7 Å². The highest BCUT2D eigenvalue weighted by Crippen LogP contribution is 2.27. The molecule has 0 bridgehead atoms. The number of benzene rings is 2. The van der Waals surface area contributed by atoms with E-state index in [4.69, 9.17) is 4.98 Å². The smallest absolute Gasteiger partial charge is 0.254 e. The van der Waals surface area contributed by atoms with E-state index in [2.05, 4.69) is 40.2 Å². The summed E-state index contributed by atoms with van der Waals surface area (Å²) in [6.45, 7) is 6.17. The lowest BCUT2D eigenvalue weighted by molar-refractivity contribution is 0.0630. The van der Waals surface area contributed by atoms with Crippen LogP contribution in [0.15, 0.2) is 79.1 Å². The van der Waals surface area contributed by atoms with Gasteiger partial charge in [0.25, 0.3) is 5.91 Å². The third kappa shape index (κ3) is 4.25. The zero-order chi connectivity index (χ0) is 21.9. The van der Waals surface area contributed by atoms with Gasteiger partial charge in [-0.25, -0.2) is 4.98 Å². The Morgan fingerprint density at radius 1 is 0.938 bits per heavy atom. The summed E-state index contributed by atoms with van der Waals surface area (Å²) >= 11 is 0. The minimum atomic E-state index is 0.0764. The van der Waals surface area contributed by atoms with Crippen molar-refractivity contribution in [3.8, 4) is 11.3 Å². The number of carbonyl (C=O) groups excluding carboxylic acids is 1. The summed E-state index contributed by atoms with van der Waals surface area (Å²) in [4.78, 5) is 27.1. The number of aromatic nitrogens is 2. The van der Waals surface area contributed by atoms with Crippen molar-refractivity contribution in [3.63, 3.8) is 0 Å². The fourth-order valence-electron chi connectivity index (χ4n) is 4.30. The second-order valence-corrected chi connectivity index (χ2v) is 8.37. The zero-order valence-corrected chi connectivity index (χ0v) is 18.2. The average molecular weight is 423 g/mol. The number of carbonyl (C=O) groups is 1. The number of nitrogens with zero attached hydrogens (tertiary/aromatic N) is 4. The number of hydrogen-bond donors (Lipinski definition) is 0. The van der Waals surface area contributed by atoms with Gasteiger partial charge in [0.05, 0.1) is 16.8 Å². The summed E-state index contributed by atoms with van der Waals surface area (Å²) in [7, 11) is 0. The molecule has 4 aromatic rings. The summed E-state index contributed by atoms with van der Waals surface area (Å²) < 4.78 is 0. The number of aryl methyl sites for hydroxylation is 1. The Labute approximate surface area is 188 Å².